The third kappa shape index (κ3) is 2.45. The van der Waals surface area contributed by atoms with E-state index in [1.807, 2.05) is 19.9 Å². The summed E-state index contributed by atoms with van der Waals surface area (Å²) in [5.41, 5.74) is -0.0530. The Bertz CT molecular complexity index is 452. The molecule has 0 radical (unpaired) electrons. The Balaban J connectivity index is 2.08. The van der Waals surface area contributed by atoms with E-state index in [9.17, 15) is 9.90 Å². The molecular weight excluding hydrogens is 370 g/mol. The van der Waals surface area contributed by atoms with Crippen LogP contribution in [0.4, 0.5) is 0 Å². The number of amides is 1. The molecule has 0 saturated carbocycles. The van der Waals surface area contributed by atoms with Crippen molar-refractivity contribution in [2.45, 2.75) is 19.4 Å². The van der Waals surface area contributed by atoms with Crippen molar-refractivity contribution in [3.63, 3.8) is 0 Å². The lowest BCUT2D eigenvalue weighted by molar-refractivity contribution is -0.110. The normalized spacial score (nSPS) is 18.4. The first-order valence-corrected chi connectivity index (χ1v) is 7.70. The summed E-state index contributed by atoms with van der Waals surface area (Å²) in [6, 6.07) is 1.81. The number of thiophene rings is 1. The summed E-state index contributed by atoms with van der Waals surface area (Å²) in [5.74, 6) is 0.147. The summed E-state index contributed by atoms with van der Waals surface area (Å²) in [6.45, 7) is 4.78. The predicted molar refractivity (Wildman–Crippen MR) is 75.4 cm³/mol. The van der Waals surface area contributed by atoms with Gasteiger partial charge in [-0.05, 0) is 43.8 Å². The van der Waals surface area contributed by atoms with Gasteiger partial charge in [0, 0.05) is 0 Å². The summed E-state index contributed by atoms with van der Waals surface area (Å²) in [6.07, 6.45) is 0. The van der Waals surface area contributed by atoms with Gasteiger partial charge >= 0.3 is 0 Å². The molecule has 1 aliphatic rings. The molecule has 1 aliphatic heterocycles. The van der Waals surface area contributed by atoms with Crippen LogP contribution in [-0.2, 0) is 0 Å². The van der Waals surface area contributed by atoms with Gasteiger partial charge in [0.25, 0.3) is 5.91 Å². The van der Waals surface area contributed by atoms with Gasteiger partial charge in [-0.1, -0.05) is 13.8 Å². The quantitative estimate of drug-likeness (QED) is 0.853. The first kappa shape index (κ1) is 13.5. The molecule has 0 aromatic carbocycles. The minimum absolute atomic E-state index is 0.0239. The SMILES string of the molecule is CC(C)C1(O)CN(C(=O)c2cc(Br)sc2Br)C1. The van der Waals surface area contributed by atoms with E-state index in [4.69, 9.17) is 0 Å². The van der Waals surface area contributed by atoms with Crippen molar-refractivity contribution in [2.24, 2.45) is 5.92 Å². The van der Waals surface area contributed by atoms with Gasteiger partial charge < -0.3 is 10.0 Å². The highest BCUT2D eigenvalue weighted by atomic mass is 79.9. The minimum Gasteiger partial charge on any atom is -0.386 e. The van der Waals surface area contributed by atoms with E-state index < -0.39 is 5.60 Å². The van der Waals surface area contributed by atoms with Gasteiger partial charge in [0.05, 0.1) is 26.2 Å². The Morgan fingerprint density at radius 1 is 1.53 bits per heavy atom. The van der Waals surface area contributed by atoms with Gasteiger partial charge in [0.1, 0.15) is 5.60 Å². The second-order valence-electron chi connectivity index (χ2n) is 4.66. The van der Waals surface area contributed by atoms with Crippen molar-refractivity contribution in [1.82, 2.24) is 4.90 Å². The van der Waals surface area contributed by atoms with Crippen molar-refractivity contribution >= 4 is 49.1 Å². The van der Waals surface area contributed by atoms with Crippen molar-refractivity contribution < 1.29 is 9.90 Å². The summed E-state index contributed by atoms with van der Waals surface area (Å²) in [4.78, 5) is 13.8. The zero-order valence-electron chi connectivity index (χ0n) is 9.54. The Morgan fingerprint density at radius 3 is 2.53 bits per heavy atom. The molecule has 0 unspecified atom stereocenters. The molecular formula is C11H13Br2NO2S. The van der Waals surface area contributed by atoms with Crippen LogP contribution in [0.25, 0.3) is 0 Å². The summed E-state index contributed by atoms with van der Waals surface area (Å²) < 4.78 is 1.75. The zero-order chi connectivity index (χ0) is 12.8. The molecule has 3 nitrogen and oxygen atoms in total. The van der Waals surface area contributed by atoms with Gasteiger partial charge in [-0.15, -0.1) is 11.3 Å². The molecule has 2 rings (SSSR count). The van der Waals surface area contributed by atoms with Gasteiger partial charge in [-0.25, -0.2) is 0 Å². The van der Waals surface area contributed by atoms with E-state index in [-0.39, 0.29) is 11.8 Å². The number of hydrogen-bond acceptors (Lipinski definition) is 3. The van der Waals surface area contributed by atoms with Gasteiger partial charge in [0.15, 0.2) is 0 Å². The number of β-amino-alcohol motifs (C(OH)–C–C–N with tert-alkyl or cyclic N) is 1. The number of likely N-dealkylation sites (tertiary alicyclic amines) is 1. The lowest BCUT2D eigenvalue weighted by Crippen LogP contribution is -2.65. The fourth-order valence-corrected chi connectivity index (χ4v) is 4.56. The molecule has 0 aliphatic carbocycles. The topological polar surface area (TPSA) is 40.5 Å². The maximum atomic E-state index is 12.1. The molecule has 0 bridgehead atoms. The number of nitrogens with zero attached hydrogens (tertiary/aromatic N) is 1. The number of halogens is 2. The molecule has 1 aromatic heterocycles. The van der Waals surface area contributed by atoms with E-state index in [2.05, 4.69) is 31.9 Å². The second-order valence-corrected chi connectivity index (χ2v) is 8.41. The Labute approximate surface area is 121 Å². The monoisotopic (exact) mass is 381 g/mol. The highest BCUT2D eigenvalue weighted by molar-refractivity contribution is 9.12. The van der Waals surface area contributed by atoms with Crippen molar-refractivity contribution in [3.05, 3.63) is 19.2 Å². The van der Waals surface area contributed by atoms with Crippen molar-refractivity contribution in [1.29, 1.82) is 0 Å². The molecule has 1 saturated heterocycles. The number of aliphatic hydroxyl groups is 1. The Hall–Kier alpha value is 0.0900. The third-order valence-corrected chi connectivity index (χ3v) is 5.52. The highest BCUT2D eigenvalue weighted by Crippen LogP contribution is 2.35. The summed E-state index contributed by atoms with van der Waals surface area (Å²) in [7, 11) is 0. The smallest absolute Gasteiger partial charge is 0.256 e. The average molecular weight is 383 g/mol. The van der Waals surface area contributed by atoms with Crippen LogP contribution in [0.5, 0.6) is 0 Å². The lowest BCUT2D eigenvalue weighted by atomic mass is 9.83. The minimum atomic E-state index is -0.713. The van der Waals surface area contributed by atoms with Gasteiger partial charge in [-0.2, -0.15) is 0 Å². The van der Waals surface area contributed by atoms with Crippen LogP contribution in [0.2, 0.25) is 0 Å². The molecule has 94 valence electrons. The maximum absolute atomic E-state index is 12.1. The van der Waals surface area contributed by atoms with Crippen LogP contribution in [0, 0.1) is 5.92 Å². The van der Waals surface area contributed by atoms with Crippen LogP contribution in [0.15, 0.2) is 13.6 Å². The van der Waals surface area contributed by atoms with Crippen LogP contribution in [0.3, 0.4) is 0 Å². The number of carbonyl (C=O) groups is 1. The average Bonchev–Trinajstić information content (AvgIpc) is 2.51. The van der Waals surface area contributed by atoms with Gasteiger partial charge in [-0.3, -0.25) is 4.79 Å². The number of carbonyl (C=O) groups excluding carboxylic acids is 1. The lowest BCUT2D eigenvalue weighted by Gasteiger charge is -2.49. The van der Waals surface area contributed by atoms with Crippen LogP contribution < -0.4 is 0 Å². The fraction of sp³-hybridized carbons (Fsp3) is 0.545. The number of hydrogen-bond donors (Lipinski definition) is 1. The molecule has 0 atom stereocenters. The van der Waals surface area contributed by atoms with Crippen LogP contribution in [-0.4, -0.2) is 34.6 Å². The van der Waals surface area contributed by atoms with Crippen LogP contribution >= 0.6 is 43.2 Å². The number of rotatable bonds is 2. The predicted octanol–water partition coefficient (Wildman–Crippen LogP) is 3.12. The molecule has 2 heterocycles. The van der Waals surface area contributed by atoms with Crippen molar-refractivity contribution in [2.75, 3.05) is 13.1 Å². The first-order chi connectivity index (χ1) is 7.83. The summed E-state index contributed by atoms with van der Waals surface area (Å²) in [5, 5.41) is 10.1. The van der Waals surface area contributed by atoms with Gasteiger partial charge in [0.2, 0.25) is 0 Å². The van der Waals surface area contributed by atoms with E-state index in [0.717, 1.165) is 7.57 Å². The van der Waals surface area contributed by atoms with E-state index in [1.165, 1.54) is 11.3 Å². The molecule has 17 heavy (non-hydrogen) atoms. The Morgan fingerprint density at radius 2 is 2.12 bits per heavy atom. The summed E-state index contributed by atoms with van der Waals surface area (Å²) >= 11 is 8.21. The van der Waals surface area contributed by atoms with Crippen molar-refractivity contribution in [3.8, 4) is 0 Å². The zero-order valence-corrected chi connectivity index (χ0v) is 13.5. The second kappa shape index (κ2) is 4.64. The largest absolute Gasteiger partial charge is 0.386 e. The van der Waals surface area contributed by atoms with Crippen LogP contribution in [0.1, 0.15) is 24.2 Å². The molecule has 6 heteroatoms. The Kier molecular flexibility index (Phi) is 3.69. The standard InChI is InChI=1S/C11H13Br2NO2S/c1-6(2)11(16)4-14(5-11)10(15)7-3-8(12)17-9(7)13/h3,6,16H,4-5H2,1-2H3. The first-order valence-electron chi connectivity index (χ1n) is 5.30. The molecule has 1 amide bonds. The maximum Gasteiger partial charge on any atom is 0.256 e. The fourth-order valence-electron chi connectivity index (χ4n) is 1.78. The molecule has 1 aromatic rings. The van der Waals surface area contributed by atoms with E-state index >= 15 is 0 Å². The molecule has 1 N–H and O–H groups in total. The highest BCUT2D eigenvalue weighted by Gasteiger charge is 2.46. The third-order valence-electron chi connectivity index (χ3n) is 3.18. The molecule has 1 fully saturated rings. The van der Waals surface area contributed by atoms with E-state index in [1.54, 1.807) is 4.90 Å². The van der Waals surface area contributed by atoms with E-state index in [0.29, 0.717) is 18.7 Å². The molecule has 0 spiro atoms.